The molecule has 1 unspecified atom stereocenters. The number of rotatable bonds is 4. The van der Waals surface area contributed by atoms with Crippen molar-refractivity contribution in [2.24, 2.45) is 0 Å². The Bertz CT molecular complexity index is 1230. The molecule has 1 aliphatic heterocycles. The van der Waals surface area contributed by atoms with Crippen molar-refractivity contribution in [3.63, 3.8) is 0 Å². The van der Waals surface area contributed by atoms with Crippen LogP contribution in [0.5, 0.6) is 5.75 Å². The summed E-state index contributed by atoms with van der Waals surface area (Å²) in [6.45, 7) is 2.56. The molecule has 0 radical (unpaired) electrons. The SMILES string of the molecule is COc1ccc2[nH]c(=O)c(CN3CCCC(n4cnc5ccccc54)C3)cc2c1. The van der Waals surface area contributed by atoms with E-state index in [1.165, 1.54) is 5.52 Å². The number of benzene rings is 2. The average Bonchev–Trinajstić information content (AvgIpc) is 3.18. The molecule has 29 heavy (non-hydrogen) atoms. The summed E-state index contributed by atoms with van der Waals surface area (Å²) in [5.74, 6) is 0.792. The van der Waals surface area contributed by atoms with Gasteiger partial charge in [0.1, 0.15) is 5.75 Å². The second-order valence-electron chi connectivity index (χ2n) is 7.75. The highest BCUT2D eigenvalue weighted by Gasteiger charge is 2.23. The van der Waals surface area contributed by atoms with Gasteiger partial charge >= 0.3 is 0 Å². The molecule has 1 N–H and O–H groups in total. The molecule has 1 atom stereocenters. The lowest BCUT2D eigenvalue weighted by Crippen LogP contribution is -2.37. The highest BCUT2D eigenvalue weighted by Crippen LogP contribution is 2.27. The van der Waals surface area contributed by atoms with E-state index in [2.05, 4.69) is 37.6 Å². The van der Waals surface area contributed by atoms with E-state index in [-0.39, 0.29) is 5.56 Å². The number of aromatic amines is 1. The maximum absolute atomic E-state index is 12.6. The number of ether oxygens (including phenoxy) is 1. The van der Waals surface area contributed by atoms with Crippen LogP contribution < -0.4 is 10.3 Å². The number of para-hydroxylation sites is 2. The van der Waals surface area contributed by atoms with Gasteiger partial charge in [-0.15, -0.1) is 0 Å². The van der Waals surface area contributed by atoms with E-state index in [1.807, 2.05) is 36.7 Å². The van der Waals surface area contributed by atoms with Crippen molar-refractivity contribution in [2.75, 3.05) is 20.2 Å². The quantitative estimate of drug-likeness (QED) is 0.579. The molecule has 0 bridgehead atoms. The highest BCUT2D eigenvalue weighted by atomic mass is 16.5. The number of nitrogens with one attached hydrogen (secondary N) is 1. The number of methoxy groups -OCH3 is 1. The van der Waals surface area contributed by atoms with Gasteiger partial charge in [-0.25, -0.2) is 4.98 Å². The summed E-state index contributed by atoms with van der Waals surface area (Å²) in [5.41, 5.74) is 3.82. The second-order valence-corrected chi connectivity index (χ2v) is 7.75. The molecule has 2 aromatic carbocycles. The van der Waals surface area contributed by atoms with Crippen LogP contribution in [0.25, 0.3) is 21.9 Å². The number of hydrogen-bond donors (Lipinski definition) is 1. The third-order valence-electron chi connectivity index (χ3n) is 5.88. The predicted octanol–water partition coefficient (Wildman–Crippen LogP) is 3.72. The Hall–Kier alpha value is -3.12. The van der Waals surface area contributed by atoms with Crippen LogP contribution in [0.1, 0.15) is 24.4 Å². The first-order valence-corrected chi connectivity index (χ1v) is 10.0. The topological polar surface area (TPSA) is 63.2 Å². The third-order valence-corrected chi connectivity index (χ3v) is 5.88. The number of pyridine rings is 1. The molecule has 5 rings (SSSR count). The van der Waals surface area contributed by atoms with Crippen molar-refractivity contribution in [3.05, 3.63) is 70.8 Å². The molecular weight excluding hydrogens is 364 g/mol. The normalized spacial score (nSPS) is 17.8. The molecule has 4 aromatic rings. The summed E-state index contributed by atoms with van der Waals surface area (Å²) in [5, 5.41) is 0.994. The van der Waals surface area contributed by atoms with E-state index in [9.17, 15) is 4.79 Å². The summed E-state index contributed by atoms with van der Waals surface area (Å²) in [6.07, 6.45) is 4.19. The summed E-state index contributed by atoms with van der Waals surface area (Å²) in [6, 6.07) is 16.3. The molecule has 1 aliphatic rings. The number of hydrogen-bond acceptors (Lipinski definition) is 4. The van der Waals surface area contributed by atoms with Crippen LogP contribution >= 0.6 is 0 Å². The van der Waals surface area contributed by atoms with E-state index >= 15 is 0 Å². The molecular formula is C23H24N4O2. The van der Waals surface area contributed by atoms with E-state index in [0.717, 1.165) is 53.7 Å². The zero-order valence-electron chi connectivity index (χ0n) is 16.5. The third kappa shape index (κ3) is 3.40. The van der Waals surface area contributed by atoms with Gasteiger partial charge in [-0.2, -0.15) is 0 Å². The van der Waals surface area contributed by atoms with Crippen LogP contribution in [0.15, 0.2) is 59.7 Å². The largest absolute Gasteiger partial charge is 0.497 e. The van der Waals surface area contributed by atoms with Gasteiger partial charge in [0.2, 0.25) is 0 Å². The van der Waals surface area contributed by atoms with E-state index in [1.54, 1.807) is 7.11 Å². The number of imidazole rings is 1. The minimum absolute atomic E-state index is 0.0159. The molecule has 1 fully saturated rings. The van der Waals surface area contributed by atoms with Crippen molar-refractivity contribution in [1.82, 2.24) is 19.4 Å². The monoisotopic (exact) mass is 388 g/mol. The van der Waals surface area contributed by atoms with Crippen LogP contribution in [-0.2, 0) is 6.54 Å². The molecule has 6 nitrogen and oxygen atoms in total. The lowest BCUT2D eigenvalue weighted by molar-refractivity contribution is 0.172. The van der Waals surface area contributed by atoms with Gasteiger partial charge in [-0.1, -0.05) is 12.1 Å². The van der Waals surface area contributed by atoms with Crippen LogP contribution in [-0.4, -0.2) is 39.6 Å². The maximum atomic E-state index is 12.6. The molecule has 0 spiro atoms. The van der Waals surface area contributed by atoms with Gasteiger partial charge in [0.15, 0.2) is 0 Å². The molecule has 3 heterocycles. The molecule has 1 saturated heterocycles. The first-order chi connectivity index (χ1) is 14.2. The number of aromatic nitrogens is 3. The highest BCUT2D eigenvalue weighted by molar-refractivity contribution is 5.80. The van der Waals surface area contributed by atoms with E-state index < -0.39 is 0 Å². The Morgan fingerprint density at radius 2 is 2.10 bits per heavy atom. The molecule has 0 saturated carbocycles. The van der Waals surface area contributed by atoms with Crippen LogP contribution in [0, 0.1) is 0 Å². The Morgan fingerprint density at radius 3 is 3.00 bits per heavy atom. The Balaban J connectivity index is 1.40. The minimum atomic E-state index is -0.0159. The van der Waals surface area contributed by atoms with Crippen molar-refractivity contribution in [1.29, 1.82) is 0 Å². The number of nitrogens with zero attached hydrogens (tertiary/aromatic N) is 3. The first kappa shape index (κ1) is 17.9. The number of likely N-dealkylation sites (tertiary alicyclic amines) is 1. The maximum Gasteiger partial charge on any atom is 0.252 e. The van der Waals surface area contributed by atoms with Crippen LogP contribution in [0.4, 0.5) is 0 Å². The van der Waals surface area contributed by atoms with E-state index in [4.69, 9.17) is 4.74 Å². The van der Waals surface area contributed by atoms with Crippen molar-refractivity contribution < 1.29 is 4.74 Å². The lowest BCUT2D eigenvalue weighted by Gasteiger charge is -2.33. The summed E-state index contributed by atoms with van der Waals surface area (Å²) < 4.78 is 7.61. The lowest BCUT2D eigenvalue weighted by atomic mass is 10.0. The predicted molar refractivity (Wildman–Crippen MR) is 114 cm³/mol. The number of piperidine rings is 1. The van der Waals surface area contributed by atoms with Gasteiger partial charge in [0.25, 0.3) is 5.56 Å². The molecule has 2 aromatic heterocycles. The van der Waals surface area contributed by atoms with Crippen LogP contribution in [0.3, 0.4) is 0 Å². The minimum Gasteiger partial charge on any atom is -0.497 e. The fourth-order valence-corrected chi connectivity index (χ4v) is 4.39. The van der Waals surface area contributed by atoms with Gasteiger partial charge in [-0.3, -0.25) is 9.69 Å². The van der Waals surface area contributed by atoms with Crippen molar-refractivity contribution in [3.8, 4) is 5.75 Å². The first-order valence-electron chi connectivity index (χ1n) is 10.0. The number of H-pyrrole nitrogens is 1. The zero-order chi connectivity index (χ0) is 19.8. The van der Waals surface area contributed by atoms with Gasteiger partial charge in [0, 0.05) is 35.6 Å². The van der Waals surface area contributed by atoms with Crippen molar-refractivity contribution >= 4 is 21.9 Å². The number of fused-ring (bicyclic) bond motifs is 2. The van der Waals surface area contributed by atoms with Crippen LogP contribution in [0.2, 0.25) is 0 Å². The smallest absolute Gasteiger partial charge is 0.252 e. The Labute approximate surface area is 168 Å². The summed E-state index contributed by atoms with van der Waals surface area (Å²) in [4.78, 5) is 22.5. The standard InChI is InChI=1S/C23H24N4O2/c1-29-19-8-9-20-16(12-19)11-17(23(28)25-20)13-26-10-4-5-18(14-26)27-15-24-21-6-2-3-7-22(21)27/h2-3,6-9,11-12,15,18H,4-5,10,13-14H2,1H3,(H,25,28). The van der Waals surface area contributed by atoms with Gasteiger partial charge in [-0.05, 0) is 55.8 Å². The molecule has 0 aliphatic carbocycles. The van der Waals surface area contributed by atoms with Gasteiger partial charge < -0.3 is 14.3 Å². The summed E-state index contributed by atoms with van der Waals surface area (Å²) >= 11 is 0. The van der Waals surface area contributed by atoms with E-state index in [0.29, 0.717) is 12.6 Å². The Morgan fingerprint density at radius 1 is 1.21 bits per heavy atom. The van der Waals surface area contributed by atoms with Gasteiger partial charge in [0.05, 0.1) is 24.5 Å². The fourth-order valence-electron chi connectivity index (χ4n) is 4.39. The Kier molecular flexibility index (Phi) is 4.56. The molecule has 148 valence electrons. The zero-order valence-corrected chi connectivity index (χ0v) is 16.5. The average molecular weight is 388 g/mol. The summed E-state index contributed by atoms with van der Waals surface area (Å²) in [7, 11) is 1.65. The fraction of sp³-hybridized carbons (Fsp3) is 0.304. The van der Waals surface area contributed by atoms with Crippen molar-refractivity contribution in [2.45, 2.75) is 25.4 Å². The molecule has 6 heteroatoms. The molecule has 0 amide bonds. The second kappa shape index (κ2) is 7.37.